The Labute approximate surface area is 177 Å². The molecule has 3 amide bonds. The van der Waals surface area contributed by atoms with Gasteiger partial charge in [0.05, 0.1) is 0 Å². The van der Waals surface area contributed by atoms with Gasteiger partial charge in [-0.1, -0.05) is 30.3 Å². The van der Waals surface area contributed by atoms with Crippen LogP contribution in [0.5, 0.6) is 0 Å². The van der Waals surface area contributed by atoms with Crippen molar-refractivity contribution in [1.82, 2.24) is 20.4 Å². The molecule has 7 nitrogen and oxygen atoms in total. The van der Waals surface area contributed by atoms with Crippen LogP contribution in [0.4, 0.5) is 10.5 Å². The van der Waals surface area contributed by atoms with Crippen LogP contribution in [0, 0.1) is 0 Å². The number of carbonyl (C=O) groups excluding carboxylic acids is 2. The first-order valence-electron chi connectivity index (χ1n) is 10.5. The molecule has 2 heterocycles. The lowest BCUT2D eigenvalue weighted by molar-refractivity contribution is 0.0951. The first-order valence-corrected chi connectivity index (χ1v) is 10.5. The highest BCUT2D eigenvalue weighted by molar-refractivity contribution is 5.98. The van der Waals surface area contributed by atoms with Crippen LogP contribution in [0.2, 0.25) is 0 Å². The molecule has 2 aromatic carbocycles. The zero-order valence-electron chi connectivity index (χ0n) is 17.4. The number of amides is 3. The van der Waals surface area contributed by atoms with Gasteiger partial charge in [0.1, 0.15) is 0 Å². The minimum absolute atomic E-state index is 0.121. The number of rotatable bonds is 6. The van der Waals surface area contributed by atoms with Gasteiger partial charge in [0.25, 0.3) is 5.91 Å². The van der Waals surface area contributed by atoms with Crippen LogP contribution in [-0.2, 0) is 13.1 Å². The van der Waals surface area contributed by atoms with E-state index in [1.165, 1.54) is 5.56 Å². The predicted molar refractivity (Wildman–Crippen MR) is 118 cm³/mol. The third-order valence-electron chi connectivity index (χ3n) is 5.72. The number of carbonyl (C=O) groups is 2. The summed E-state index contributed by atoms with van der Waals surface area (Å²) in [6.07, 6.45) is 0. The summed E-state index contributed by atoms with van der Waals surface area (Å²) in [5, 5.41) is 5.78. The van der Waals surface area contributed by atoms with Crippen molar-refractivity contribution in [3.05, 3.63) is 65.2 Å². The van der Waals surface area contributed by atoms with E-state index < -0.39 is 0 Å². The average Bonchev–Trinajstić information content (AvgIpc) is 3.20. The van der Waals surface area contributed by atoms with Gasteiger partial charge in [0.2, 0.25) is 0 Å². The number of urea groups is 1. The third-order valence-corrected chi connectivity index (χ3v) is 5.72. The van der Waals surface area contributed by atoms with Crippen LogP contribution in [0.3, 0.4) is 0 Å². The molecule has 7 heteroatoms. The second-order valence-electron chi connectivity index (χ2n) is 8.02. The van der Waals surface area contributed by atoms with Gasteiger partial charge in [-0.2, -0.15) is 0 Å². The molecule has 0 bridgehead atoms. The van der Waals surface area contributed by atoms with E-state index in [0.717, 1.165) is 44.0 Å². The Morgan fingerprint density at radius 3 is 2.53 bits per heavy atom. The summed E-state index contributed by atoms with van der Waals surface area (Å²) in [5.41, 5.74) is 3.66. The number of piperazine rings is 1. The van der Waals surface area contributed by atoms with E-state index >= 15 is 0 Å². The zero-order valence-corrected chi connectivity index (χ0v) is 17.4. The molecule has 2 N–H and O–H groups in total. The minimum atomic E-state index is -0.138. The fourth-order valence-electron chi connectivity index (χ4n) is 3.92. The first-order chi connectivity index (χ1) is 14.6. The molecule has 158 valence electrons. The molecule has 0 atom stereocenters. The number of nitrogens with zero attached hydrogens (tertiary/aromatic N) is 3. The van der Waals surface area contributed by atoms with Crippen molar-refractivity contribution in [2.75, 3.05) is 51.2 Å². The number of hydrogen-bond acceptors (Lipinski definition) is 4. The molecule has 2 aromatic rings. The van der Waals surface area contributed by atoms with Gasteiger partial charge in [0, 0.05) is 63.6 Å². The molecule has 2 aliphatic heterocycles. The van der Waals surface area contributed by atoms with Gasteiger partial charge in [0.15, 0.2) is 0 Å². The molecular weight excluding hydrogens is 378 g/mol. The summed E-state index contributed by atoms with van der Waals surface area (Å²) in [7, 11) is 2.16. The van der Waals surface area contributed by atoms with Crippen LogP contribution in [0.25, 0.3) is 0 Å². The Kier molecular flexibility index (Phi) is 6.30. The largest absolute Gasteiger partial charge is 0.348 e. The number of anilines is 1. The van der Waals surface area contributed by atoms with Crippen LogP contribution in [0.15, 0.2) is 48.5 Å². The Morgan fingerprint density at radius 1 is 1.00 bits per heavy atom. The van der Waals surface area contributed by atoms with E-state index in [0.29, 0.717) is 25.2 Å². The topological polar surface area (TPSA) is 67.9 Å². The summed E-state index contributed by atoms with van der Waals surface area (Å²) in [4.78, 5) is 31.0. The quantitative estimate of drug-likeness (QED) is 0.768. The standard InChI is InChI=1S/C23H29N5O2/c1-26-10-12-27(13-11-26)17-19-5-2-4-18(14-19)16-25-22(29)20-6-3-7-21(15-20)28-9-8-24-23(28)30/h2-7,14-15H,8-13,16-17H2,1H3,(H,24,30)(H,25,29). The van der Waals surface area contributed by atoms with Crippen LogP contribution < -0.4 is 15.5 Å². The number of hydrogen-bond donors (Lipinski definition) is 2. The van der Waals surface area contributed by atoms with Crippen molar-refractivity contribution < 1.29 is 9.59 Å². The summed E-state index contributed by atoms with van der Waals surface area (Å²) in [6.45, 7) is 7.04. The normalized spacial score (nSPS) is 17.8. The second kappa shape index (κ2) is 9.28. The van der Waals surface area contributed by atoms with Gasteiger partial charge >= 0.3 is 6.03 Å². The average molecular weight is 408 g/mol. The molecule has 2 saturated heterocycles. The van der Waals surface area contributed by atoms with Crippen molar-refractivity contribution in [2.45, 2.75) is 13.1 Å². The molecule has 0 radical (unpaired) electrons. The van der Waals surface area contributed by atoms with E-state index in [9.17, 15) is 9.59 Å². The van der Waals surface area contributed by atoms with E-state index in [1.54, 1.807) is 17.0 Å². The maximum atomic E-state index is 12.7. The number of nitrogens with one attached hydrogen (secondary N) is 2. The molecule has 0 saturated carbocycles. The van der Waals surface area contributed by atoms with E-state index in [-0.39, 0.29) is 11.9 Å². The summed E-state index contributed by atoms with van der Waals surface area (Å²) in [5.74, 6) is -0.138. The molecule has 4 rings (SSSR count). The van der Waals surface area contributed by atoms with Crippen LogP contribution in [0.1, 0.15) is 21.5 Å². The van der Waals surface area contributed by atoms with Crippen LogP contribution in [-0.4, -0.2) is 68.1 Å². The van der Waals surface area contributed by atoms with Crippen molar-refractivity contribution in [2.24, 2.45) is 0 Å². The fourth-order valence-corrected chi connectivity index (χ4v) is 3.92. The molecule has 30 heavy (non-hydrogen) atoms. The van der Waals surface area contributed by atoms with Gasteiger partial charge in [-0.3, -0.25) is 14.6 Å². The number of likely N-dealkylation sites (N-methyl/N-ethyl adjacent to an activating group) is 1. The predicted octanol–water partition coefficient (Wildman–Crippen LogP) is 1.89. The van der Waals surface area contributed by atoms with E-state index in [2.05, 4.69) is 45.7 Å². The van der Waals surface area contributed by atoms with E-state index in [4.69, 9.17) is 0 Å². The Bertz CT molecular complexity index is 908. The molecule has 0 spiro atoms. The molecule has 2 fully saturated rings. The second-order valence-corrected chi connectivity index (χ2v) is 8.02. The Hall–Kier alpha value is -2.90. The van der Waals surface area contributed by atoms with Crippen molar-refractivity contribution >= 4 is 17.6 Å². The van der Waals surface area contributed by atoms with Gasteiger partial charge in [-0.05, 0) is 36.4 Å². The molecular formula is C23H29N5O2. The highest BCUT2D eigenvalue weighted by Crippen LogP contribution is 2.18. The van der Waals surface area contributed by atoms with E-state index in [1.807, 2.05) is 18.2 Å². The van der Waals surface area contributed by atoms with Crippen LogP contribution >= 0.6 is 0 Å². The fraction of sp³-hybridized carbons (Fsp3) is 0.391. The SMILES string of the molecule is CN1CCN(Cc2cccc(CNC(=O)c3cccc(N4CCNC4=O)c3)c2)CC1. The van der Waals surface area contributed by atoms with Gasteiger partial charge in [-0.25, -0.2) is 4.79 Å². The number of benzene rings is 2. The monoisotopic (exact) mass is 407 g/mol. The third kappa shape index (κ3) is 4.98. The maximum absolute atomic E-state index is 12.7. The molecule has 0 aliphatic carbocycles. The summed E-state index contributed by atoms with van der Waals surface area (Å²) < 4.78 is 0. The van der Waals surface area contributed by atoms with Crippen molar-refractivity contribution in [3.8, 4) is 0 Å². The van der Waals surface area contributed by atoms with Crippen molar-refractivity contribution in [3.63, 3.8) is 0 Å². The lowest BCUT2D eigenvalue weighted by Gasteiger charge is -2.32. The Morgan fingerprint density at radius 2 is 1.77 bits per heavy atom. The van der Waals surface area contributed by atoms with Gasteiger partial charge < -0.3 is 15.5 Å². The lowest BCUT2D eigenvalue weighted by Crippen LogP contribution is -2.43. The first kappa shape index (κ1) is 20.4. The molecule has 2 aliphatic rings. The highest BCUT2D eigenvalue weighted by Gasteiger charge is 2.21. The zero-order chi connectivity index (χ0) is 20.9. The minimum Gasteiger partial charge on any atom is -0.348 e. The van der Waals surface area contributed by atoms with Gasteiger partial charge in [-0.15, -0.1) is 0 Å². The van der Waals surface area contributed by atoms with Crippen molar-refractivity contribution in [1.29, 1.82) is 0 Å². The maximum Gasteiger partial charge on any atom is 0.321 e. The smallest absolute Gasteiger partial charge is 0.321 e. The molecule has 0 unspecified atom stereocenters. The lowest BCUT2D eigenvalue weighted by atomic mass is 10.1. The highest BCUT2D eigenvalue weighted by atomic mass is 16.2. The summed E-state index contributed by atoms with van der Waals surface area (Å²) >= 11 is 0. The summed E-state index contributed by atoms with van der Waals surface area (Å²) in [6, 6.07) is 15.5. The Balaban J connectivity index is 1.34. The molecule has 0 aromatic heterocycles.